The molecule has 24 heavy (non-hydrogen) atoms. The van der Waals surface area contributed by atoms with E-state index in [1.807, 2.05) is 53.1 Å². The molecule has 0 spiro atoms. The third-order valence-corrected chi connectivity index (χ3v) is 3.89. The average Bonchev–Trinajstić information content (AvgIpc) is 2.98. The lowest BCUT2D eigenvalue weighted by atomic mass is 10.0. The van der Waals surface area contributed by atoms with E-state index in [0.29, 0.717) is 11.9 Å². The molecular formula is C19H21N3O2. The highest BCUT2D eigenvalue weighted by Gasteiger charge is 2.18. The lowest BCUT2D eigenvalue weighted by molar-refractivity contribution is -0.122. The molecule has 0 aliphatic rings. The molecule has 0 saturated carbocycles. The van der Waals surface area contributed by atoms with E-state index in [1.165, 1.54) is 0 Å². The van der Waals surface area contributed by atoms with Crippen LogP contribution in [0.4, 0.5) is 5.95 Å². The summed E-state index contributed by atoms with van der Waals surface area (Å²) in [6, 6.07) is 13.6. The monoisotopic (exact) mass is 323 g/mol. The van der Waals surface area contributed by atoms with Crippen LogP contribution in [-0.2, 0) is 4.79 Å². The number of fused-ring (bicyclic) bond motifs is 1. The Kier molecular flexibility index (Phi) is 4.51. The number of hydrogen-bond acceptors (Lipinski definition) is 3. The van der Waals surface area contributed by atoms with Gasteiger partial charge in [-0.05, 0) is 36.6 Å². The number of ether oxygens (including phenoxy) is 1. The van der Waals surface area contributed by atoms with Crippen LogP contribution in [0.2, 0.25) is 0 Å². The van der Waals surface area contributed by atoms with Gasteiger partial charge >= 0.3 is 0 Å². The Morgan fingerprint density at radius 1 is 1.12 bits per heavy atom. The van der Waals surface area contributed by atoms with E-state index in [0.717, 1.165) is 16.8 Å². The van der Waals surface area contributed by atoms with Crippen molar-refractivity contribution >= 4 is 17.4 Å². The van der Waals surface area contributed by atoms with Crippen molar-refractivity contribution in [3.63, 3.8) is 0 Å². The van der Waals surface area contributed by atoms with E-state index >= 15 is 0 Å². The first-order valence-electron chi connectivity index (χ1n) is 8.05. The van der Waals surface area contributed by atoms with Crippen molar-refractivity contribution in [2.75, 3.05) is 5.32 Å². The fraction of sp³-hybridized carbons (Fsp3) is 0.263. The van der Waals surface area contributed by atoms with Gasteiger partial charge in [0, 0.05) is 6.20 Å². The number of benzene rings is 1. The number of pyridine rings is 1. The summed E-state index contributed by atoms with van der Waals surface area (Å²) in [4.78, 5) is 16.7. The zero-order chi connectivity index (χ0) is 17.1. The molecule has 3 aromatic rings. The SMILES string of the molecule is CC(Oc1ccccc1C(C)C)C(=O)Nc1ncc2ccccn12. The molecule has 0 fully saturated rings. The van der Waals surface area contributed by atoms with Crippen molar-refractivity contribution in [3.05, 3.63) is 60.4 Å². The van der Waals surface area contributed by atoms with Crippen LogP contribution >= 0.6 is 0 Å². The van der Waals surface area contributed by atoms with Gasteiger partial charge in [0.15, 0.2) is 6.10 Å². The predicted molar refractivity (Wildman–Crippen MR) is 94.4 cm³/mol. The van der Waals surface area contributed by atoms with Crippen LogP contribution < -0.4 is 10.1 Å². The third-order valence-electron chi connectivity index (χ3n) is 3.89. The number of hydrogen-bond donors (Lipinski definition) is 1. The molecule has 124 valence electrons. The van der Waals surface area contributed by atoms with Gasteiger partial charge in [0.1, 0.15) is 5.75 Å². The van der Waals surface area contributed by atoms with E-state index in [2.05, 4.69) is 24.1 Å². The Bertz CT molecular complexity index is 854. The Balaban J connectivity index is 1.74. The average molecular weight is 323 g/mol. The number of nitrogens with one attached hydrogen (secondary N) is 1. The molecule has 0 aliphatic heterocycles. The molecule has 1 amide bonds. The zero-order valence-electron chi connectivity index (χ0n) is 14.1. The molecule has 5 heteroatoms. The molecule has 0 aliphatic carbocycles. The van der Waals surface area contributed by atoms with Gasteiger partial charge in [0.2, 0.25) is 5.95 Å². The minimum absolute atomic E-state index is 0.232. The van der Waals surface area contributed by atoms with Crippen molar-refractivity contribution in [1.29, 1.82) is 0 Å². The van der Waals surface area contributed by atoms with Gasteiger partial charge in [-0.3, -0.25) is 14.5 Å². The highest BCUT2D eigenvalue weighted by molar-refractivity contribution is 5.93. The van der Waals surface area contributed by atoms with E-state index < -0.39 is 6.10 Å². The van der Waals surface area contributed by atoms with Crippen LogP contribution in [-0.4, -0.2) is 21.4 Å². The maximum Gasteiger partial charge on any atom is 0.267 e. The van der Waals surface area contributed by atoms with Crippen molar-refractivity contribution in [2.24, 2.45) is 0 Å². The van der Waals surface area contributed by atoms with Gasteiger partial charge in [-0.15, -0.1) is 0 Å². The smallest absolute Gasteiger partial charge is 0.267 e. The molecule has 3 rings (SSSR count). The summed E-state index contributed by atoms with van der Waals surface area (Å²) in [6.07, 6.45) is 2.95. The normalized spacial score (nSPS) is 12.3. The van der Waals surface area contributed by atoms with E-state index in [4.69, 9.17) is 4.74 Å². The quantitative estimate of drug-likeness (QED) is 0.775. The summed E-state index contributed by atoms with van der Waals surface area (Å²) in [5.74, 6) is 1.32. The first kappa shape index (κ1) is 16.1. The topological polar surface area (TPSA) is 55.6 Å². The van der Waals surface area contributed by atoms with Crippen LogP contribution in [0.1, 0.15) is 32.3 Å². The standard InChI is InChI=1S/C19H21N3O2/c1-13(2)16-9-4-5-10-17(16)24-14(3)18(23)21-19-20-12-15-8-6-7-11-22(15)19/h4-14H,1-3H3,(H,20,21,23). The Hall–Kier alpha value is -2.82. The summed E-state index contributed by atoms with van der Waals surface area (Å²) in [5, 5.41) is 2.82. The highest BCUT2D eigenvalue weighted by atomic mass is 16.5. The number of rotatable bonds is 5. The summed E-state index contributed by atoms with van der Waals surface area (Å²) in [5.41, 5.74) is 2.01. The van der Waals surface area contributed by atoms with Crippen LogP contribution in [0.15, 0.2) is 54.9 Å². The number of nitrogens with zero attached hydrogens (tertiary/aromatic N) is 2. The first-order valence-corrected chi connectivity index (χ1v) is 8.05. The number of amides is 1. The number of carbonyl (C=O) groups excluding carboxylic acids is 1. The third kappa shape index (κ3) is 3.25. The van der Waals surface area contributed by atoms with Crippen LogP contribution in [0.5, 0.6) is 5.75 Å². The molecular weight excluding hydrogens is 302 g/mol. The Morgan fingerprint density at radius 2 is 1.88 bits per heavy atom. The second-order valence-electron chi connectivity index (χ2n) is 6.02. The maximum absolute atomic E-state index is 12.5. The number of para-hydroxylation sites is 1. The van der Waals surface area contributed by atoms with Gasteiger partial charge in [0.25, 0.3) is 5.91 Å². The van der Waals surface area contributed by atoms with Crippen LogP contribution in [0.25, 0.3) is 5.52 Å². The molecule has 0 radical (unpaired) electrons. The lowest BCUT2D eigenvalue weighted by Crippen LogP contribution is -2.31. The second-order valence-corrected chi connectivity index (χ2v) is 6.02. The van der Waals surface area contributed by atoms with Gasteiger partial charge in [-0.1, -0.05) is 38.1 Å². The minimum Gasteiger partial charge on any atom is -0.481 e. The number of aromatic nitrogens is 2. The molecule has 0 bridgehead atoms. The van der Waals surface area contributed by atoms with Gasteiger partial charge in [-0.25, -0.2) is 4.98 Å². The van der Waals surface area contributed by atoms with E-state index in [-0.39, 0.29) is 5.91 Å². The highest BCUT2D eigenvalue weighted by Crippen LogP contribution is 2.26. The lowest BCUT2D eigenvalue weighted by Gasteiger charge is -2.18. The fourth-order valence-electron chi connectivity index (χ4n) is 2.56. The van der Waals surface area contributed by atoms with Gasteiger partial charge < -0.3 is 4.74 Å². The minimum atomic E-state index is -0.624. The molecule has 2 aromatic heterocycles. The molecule has 1 N–H and O–H groups in total. The molecule has 1 atom stereocenters. The molecule has 1 aromatic carbocycles. The Morgan fingerprint density at radius 3 is 2.67 bits per heavy atom. The number of imidazole rings is 1. The van der Waals surface area contributed by atoms with Crippen molar-refractivity contribution in [1.82, 2.24) is 9.38 Å². The van der Waals surface area contributed by atoms with Crippen LogP contribution in [0.3, 0.4) is 0 Å². The van der Waals surface area contributed by atoms with Gasteiger partial charge in [-0.2, -0.15) is 0 Å². The summed E-state index contributed by atoms with van der Waals surface area (Å²) in [7, 11) is 0. The second kappa shape index (κ2) is 6.74. The van der Waals surface area contributed by atoms with E-state index in [1.54, 1.807) is 13.1 Å². The summed E-state index contributed by atoms with van der Waals surface area (Å²) in [6.45, 7) is 5.94. The molecule has 5 nitrogen and oxygen atoms in total. The van der Waals surface area contributed by atoms with Crippen LogP contribution in [0, 0.1) is 0 Å². The Labute approximate surface area is 141 Å². The maximum atomic E-state index is 12.5. The van der Waals surface area contributed by atoms with E-state index in [9.17, 15) is 4.79 Å². The molecule has 1 unspecified atom stereocenters. The van der Waals surface area contributed by atoms with Crippen molar-refractivity contribution < 1.29 is 9.53 Å². The first-order chi connectivity index (χ1) is 11.6. The predicted octanol–water partition coefficient (Wildman–Crippen LogP) is 3.86. The molecule has 2 heterocycles. The fourth-order valence-corrected chi connectivity index (χ4v) is 2.56. The summed E-state index contributed by atoms with van der Waals surface area (Å²) >= 11 is 0. The largest absolute Gasteiger partial charge is 0.481 e. The van der Waals surface area contributed by atoms with Crippen molar-refractivity contribution in [3.8, 4) is 5.75 Å². The zero-order valence-corrected chi connectivity index (χ0v) is 14.1. The van der Waals surface area contributed by atoms with Crippen molar-refractivity contribution in [2.45, 2.75) is 32.8 Å². The summed E-state index contributed by atoms with van der Waals surface area (Å²) < 4.78 is 7.71. The number of carbonyl (C=O) groups is 1. The molecule has 0 saturated heterocycles. The van der Waals surface area contributed by atoms with Gasteiger partial charge in [0.05, 0.1) is 11.7 Å². The number of anilines is 1.